The molecule has 0 heterocycles. The molecule has 0 aliphatic heterocycles. The quantitative estimate of drug-likeness (QED) is 0.156. The van der Waals surface area contributed by atoms with Gasteiger partial charge in [-0.15, -0.1) is 0 Å². The smallest absolute Gasteiger partial charge is 0.258 e. The Labute approximate surface area is 183 Å². The molecule has 1 aromatic carbocycles. The maximum atomic E-state index is 13.4. The van der Waals surface area contributed by atoms with Gasteiger partial charge in [-0.1, -0.05) is 98.0 Å². The maximum Gasteiger partial charge on any atom is 0.296 e. The van der Waals surface area contributed by atoms with Gasteiger partial charge in [0.05, 0.1) is 16.2 Å². The second-order valence-electron chi connectivity index (χ2n) is 8.63. The van der Waals surface area contributed by atoms with Crippen LogP contribution in [0.25, 0.3) is 0 Å². The van der Waals surface area contributed by atoms with E-state index in [2.05, 4.69) is 13.0 Å². The Morgan fingerprint density at radius 1 is 0.967 bits per heavy atom. The van der Waals surface area contributed by atoms with E-state index in [1.54, 1.807) is 0 Å². The third-order valence-corrected chi connectivity index (χ3v) is 8.76. The summed E-state index contributed by atoms with van der Waals surface area (Å²) in [7, 11) is -3.82. The molecule has 5 nitrogen and oxygen atoms in total. The first-order valence-corrected chi connectivity index (χ1v) is 13.2. The fraction of sp³-hybridized carbons (Fsp3) is 0.750. The van der Waals surface area contributed by atoms with Crippen LogP contribution in [0.15, 0.2) is 23.1 Å². The van der Waals surface area contributed by atoms with Crippen molar-refractivity contribution in [3.05, 3.63) is 34.4 Å². The predicted molar refractivity (Wildman–Crippen MR) is 123 cm³/mol. The number of benzene rings is 1. The van der Waals surface area contributed by atoms with Gasteiger partial charge < -0.3 is 0 Å². The molecule has 0 spiro atoms. The van der Waals surface area contributed by atoms with Gasteiger partial charge in [0.2, 0.25) is 0 Å². The number of hydrogen-bond acceptors (Lipinski definition) is 4. The van der Waals surface area contributed by atoms with Crippen LogP contribution in [0.3, 0.4) is 0 Å². The third-order valence-electron chi connectivity index (χ3n) is 6.17. The van der Waals surface area contributed by atoms with Crippen LogP contribution in [0.4, 0.5) is 5.69 Å². The molecule has 0 fully saturated rings. The Morgan fingerprint density at radius 3 is 2.07 bits per heavy atom. The highest BCUT2D eigenvalue weighted by Gasteiger charge is 2.39. The van der Waals surface area contributed by atoms with Gasteiger partial charge >= 0.3 is 0 Å². The molecule has 0 bridgehead atoms. The summed E-state index contributed by atoms with van der Waals surface area (Å²) in [6.45, 7) is 8.12. The van der Waals surface area contributed by atoms with Crippen LogP contribution in [-0.2, 0) is 9.84 Å². The predicted octanol–water partition coefficient (Wildman–Crippen LogP) is 7.14. The Morgan fingerprint density at radius 2 is 1.53 bits per heavy atom. The van der Waals surface area contributed by atoms with Gasteiger partial charge in [-0.2, -0.15) is 0 Å². The number of para-hydroxylation sites is 1. The van der Waals surface area contributed by atoms with E-state index in [-0.39, 0.29) is 16.7 Å². The number of nitro groups is 1. The number of hydrogen-bond donors (Lipinski definition) is 0. The van der Waals surface area contributed by atoms with Crippen molar-refractivity contribution in [2.75, 3.05) is 0 Å². The minimum absolute atomic E-state index is 0.0469. The summed E-state index contributed by atoms with van der Waals surface area (Å²) in [4.78, 5) is 10.5. The monoisotopic (exact) mass is 438 g/mol. The van der Waals surface area contributed by atoms with E-state index in [1.165, 1.54) is 63.1 Å². The van der Waals surface area contributed by atoms with Crippen molar-refractivity contribution in [1.82, 2.24) is 0 Å². The lowest BCUT2D eigenvalue weighted by atomic mass is 9.90. The summed E-state index contributed by atoms with van der Waals surface area (Å²) in [5, 5.41) is 10.7. The Balaban J connectivity index is 2.74. The first kappa shape index (κ1) is 26.6. The summed E-state index contributed by atoms with van der Waals surface area (Å²) in [5.74, 6) is -0.113. The molecule has 1 radical (unpaired) electrons. The van der Waals surface area contributed by atoms with Gasteiger partial charge in [-0.3, -0.25) is 10.1 Å². The minimum atomic E-state index is -3.82. The second-order valence-corrected chi connectivity index (χ2v) is 10.7. The molecule has 0 saturated carbocycles. The Kier molecular flexibility index (Phi) is 12.2. The largest absolute Gasteiger partial charge is 0.296 e. The van der Waals surface area contributed by atoms with Crippen molar-refractivity contribution < 1.29 is 13.3 Å². The molecule has 0 aliphatic rings. The molecule has 171 valence electrons. The number of unbranched alkanes of at least 4 members (excludes halogenated alkanes) is 8. The molecule has 3 atom stereocenters. The highest BCUT2D eigenvalue weighted by atomic mass is 32.2. The van der Waals surface area contributed by atoms with E-state index in [0.29, 0.717) is 0 Å². The van der Waals surface area contributed by atoms with Crippen LogP contribution in [0.2, 0.25) is 0 Å². The molecule has 0 aromatic heterocycles. The van der Waals surface area contributed by atoms with Crippen LogP contribution in [0, 0.1) is 28.0 Å². The van der Waals surface area contributed by atoms with Gasteiger partial charge in [0.25, 0.3) is 5.69 Å². The average Bonchev–Trinajstić information content (AvgIpc) is 2.72. The van der Waals surface area contributed by atoms with E-state index >= 15 is 0 Å². The summed E-state index contributed by atoms with van der Waals surface area (Å²) in [6.07, 6.45) is 12.6. The van der Waals surface area contributed by atoms with Crippen LogP contribution in [0.1, 0.15) is 98.3 Å². The summed E-state index contributed by atoms with van der Waals surface area (Å²) >= 11 is 0. The van der Waals surface area contributed by atoms with E-state index in [9.17, 15) is 18.5 Å². The van der Waals surface area contributed by atoms with Gasteiger partial charge in [0.1, 0.15) is 4.90 Å². The van der Waals surface area contributed by atoms with E-state index in [1.807, 2.05) is 20.8 Å². The molecule has 6 heteroatoms. The normalized spacial score (nSPS) is 14.9. The lowest BCUT2D eigenvalue weighted by Crippen LogP contribution is -2.35. The van der Waals surface area contributed by atoms with Crippen LogP contribution >= 0.6 is 0 Å². The lowest BCUT2D eigenvalue weighted by molar-refractivity contribution is -0.388. The zero-order chi connectivity index (χ0) is 22.6. The van der Waals surface area contributed by atoms with Gasteiger partial charge in [-0.05, 0) is 30.4 Å². The first-order valence-electron chi connectivity index (χ1n) is 11.7. The standard InChI is InChI=1S/C24H40NO4S/c1-5-7-8-9-10-11-12-13-14-17-21(4)24(20(3)6-2)30(28,29)23-19-16-15-18-22(23)25(26)27/h15-16,19-21,24H,5-14,17H2,1-4H3. The third kappa shape index (κ3) is 8.01. The van der Waals surface area contributed by atoms with Gasteiger partial charge in [-0.25, -0.2) is 8.42 Å². The molecule has 0 saturated heterocycles. The summed E-state index contributed by atoms with van der Waals surface area (Å²) in [6, 6.07) is 6.75. The molecule has 1 rings (SSSR count). The molecule has 0 N–H and O–H groups in total. The second kappa shape index (κ2) is 13.8. The minimum Gasteiger partial charge on any atom is -0.258 e. The van der Waals surface area contributed by atoms with Crippen molar-refractivity contribution in [3.63, 3.8) is 0 Å². The lowest BCUT2D eigenvalue weighted by Gasteiger charge is -2.29. The molecule has 3 unspecified atom stereocenters. The SMILES string of the molecule is CCCCCCCCCCCC(C)C(C(C)CC)S(=O)(=O)c1ccc[c]c1[N+](=O)[O-]. The topological polar surface area (TPSA) is 77.3 Å². The Hall–Kier alpha value is -1.43. The molecule has 0 amide bonds. The van der Waals surface area contributed by atoms with Crippen molar-refractivity contribution >= 4 is 15.5 Å². The summed E-state index contributed by atoms with van der Waals surface area (Å²) in [5.41, 5.74) is -0.443. The van der Waals surface area contributed by atoms with E-state index < -0.39 is 25.7 Å². The fourth-order valence-electron chi connectivity index (χ4n) is 4.28. The van der Waals surface area contributed by atoms with Crippen molar-refractivity contribution in [1.29, 1.82) is 0 Å². The number of nitro benzene ring substituents is 1. The Bertz CT molecular complexity index is 732. The number of sulfone groups is 1. The van der Waals surface area contributed by atoms with E-state index in [4.69, 9.17) is 0 Å². The average molecular weight is 439 g/mol. The zero-order valence-electron chi connectivity index (χ0n) is 19.2. The van der Waals surface area contributed by atoms with Gasteiger partial charge in [0.15, 0.2) is 9.84 Å². The summed E-state index contributed by atoms with van der Waals surface area (Å²) < 4.78 is 26.9. The molecule has 0 aliphatic carbocycles. The number of rotatable bonds is 16. The number of nitrogens with zero attached hydrogens (tertiary/aromatic N) is 1. The zero-order valence-corrected chi connectivity index (χ0v) is 20.0. The van der Waals surface area contributed by atoms with Crippen LogP contribution in [0.5, 0.6) is 0 Å². The molecular weight excluding hydrogens is 398 g/mol. The van der Waals surface area contributed by atoms with Gasteiger partial charge in [0, 0.05) is 0 Å². The van der Waals surface area contributed by atoms with Crippen LogP contribution < -0.4 is 0 Å². The maximum absolute atomic E-state index is 13.4. The van der Waals surface area contributed by atoms with Crippen molar-refractivity contribution in [3.8, 4) is 0 Å². The first-order chi connectivity index (χ1) is 14.3. The highest BCUT2D eigenvalue weighted by molar-refractivity contribution is 7.92. The van der Waals surface area contributed by atoms with Crippen LogP contribution in [-0.4, -0.2) is 18.6 Å². The highest BCUT2D eigenvalue weighted by Crippen LogP contribution is 2.35. The molecular formula is C24H40NO4S. The molecule has 1 aromatic rings. The molecule has 30 heavy (non-hydrogen) atoms. The van der Waals surface area contributed by atoms with Crippen molar-refractivity contribution in [2.24, 2.45) is 11.8 Å². The van der Waals surface area contributed by atoms with Crippen molar-refractivity contribution in [2.45, 2.75) is 108 Å². The van der Waals surface area contributed by atoms with E-state index in [0.717, 1.165) is 25.7 Å². The fourth-order valence-corrected chi connectivity index (χ4v) is 6.79.